The van der Waals surface area contributed by atoms with Gasteiger partial charge in [0, 0.05) is 29.2 Å². The van der Waals surface area contributed by atoms with Crippen LogP contribution in [0.5, 0.6) is 0 Å². The van der Waals surface area contributed by atoms with E-state index >= 15 is 0 Å². The molecule has 0 bridgehead atoms. The summed E-state index contributed by atoms with van der Waals surface area (Å²) in [6.45, 7) is 0. The van der Waals surface area contributed by atoms with Gasteiger partial charge in [0.05, 0.1) is 5.52 Å². The molecule has 3 aromatic rings. The maximum Gasteiger partial charge on any atom is 0.248 e. The standard InChI is InChI=1S/C12H8N2O/c15-11-4-3-8-1-2-9-7-13-6-5-10(9)12(8)14-11/h1-7H,(H,14,15). The molecule has 0 radical (unpaired) electrons. The van der Waals surface area contributed by atoms with E-state index in [1.807, 2.05) is 24.3 Å². The van der Waals surface area contributed by atoms with Crippen molar-refractivity contribution in [2.45, 2.75) is 0 Å². The first-order valence-corrected chi connectivity index (χ1v) is 4.70. The van der Waals surface area contributed by atoms with Crippen molar-refractivity contribution < 1.29 is 0 Å². The predicted octanol–water partition coefficient (Wildman–Crippen LogP) is 2.08. The van der Waals surface area contributed by atoms with Crippen LogP contribution < -0.4 is 5.56 Å². The molecule has 0 saturated carbocycles. The fourth-order valence-corrected chi connectivity index (χ4v) is 1.79. The summed E-state index contributed by atoms with van der Waals surface area (Å²) in [5, 5.41) is 3.10. The molecule has 2 heterocycles. The Morgan fingerprint density at radius 3 is 2.73 bits per heavy atom. The molecule has 1 aromatic carbocycles. The quantitative estimate of drug-likeness (QED) is 0.559. The maximum absolute atomic E-state index is 11.3. The molecule has 0 aliphatic carbocycles. The molecule has 3 rings (SSSR count). The summed E-state index contributed by atoms with van der Waals surface area (Å²) in [5.74, 6) is 0. The summed E-state index contributed by atoms with van der Waals surface area (Å²) in [6, 6.07) is 9.26. The molecule has 0 aliphatic heterocycles. The van der Waals surface area contributed by atoms with Crippen LogP contribution in [0, 0.1) is 0 Å². The summed E-state index contributed by atoms with van der Waals surface area (Å²) < 4.78 is 0. The van der Waals surface area contributed by atoms with Crippen molar-refractivity contribution in [3.8, 4) is 0 Å². The molecule has 0 amide bonds. The lowest BCUT2D eigenvalue weighted by Gasteiger charge is -2.01. The number of nitrogens with zero attached hydrogens (tertiary/aromatic N) is 1. The topological polar surface area (TPSA) is 45.8 Å². The third kappa shape index (κ3) is 1.21. The van der Waals surface area contributed by atoms with Gasteiger partial charge in [-0.3, -0.25) is 9.78 Å². The average Bonchev–Trinajstić information content (AvgIpc) is 2.29. The lowest BCUT2D eigenvalue weighted by atomic mass is 10.1. The molecule has 15 heavy (non-hydrogen) atoms. The molecule has 3 nitrogen and oxygen atoms in total. The van der Waals surface area contributed by atoms with E-state index in [2.05, 4.69) is 9.97 Å². The molecule has 0 saturated heterocycles. The molecule has 2 aromatic heterocycles. The summed E-state index contributed by atoms with van der Waals surface area (Å²) in [5.41, 5.74) is 0.800. The normalized spacial score (nSPS) is 10.9. The van der Waals surface area contributed by atoms with Crippen molar-refractivity contribution in [3.05, 3.63) is 53.1 Å². The van der Waals surface area contributed by atoms with E-state index in [1.54, 1.807) is 12.4 Å². The first-order chi connectivity index (χ1) is 7.34. The van der Waals surface area contributed by atoms with Gasteiger partial charge < -0.3 is 4.98 Å². The van der Waals surface area contributed by atoms with Crippen LogP contribution in [0.2, 0.25) is 0 Å². The van der Waals surface area contributed by atoms with Crippen molar-refractivity contribution in [2.75, 3.05) is 0 Å². The van der Waals surface area contributed by atoms with Crippen LogP contribution in [0.25, 0.3) is 21.7 Å². The average molecular weight is 196 g/mol. The Morgan fingerprint density at radius 2 is 1.80 bits per heavy atom. The van der Waals surface area contributed by atoms with Gasteiger partial charge in [-0.1, -0.05) is 12.1 Å². The molecule has 0 atom stereocenters. The number of rotatable bonds is 0. The fraction of sp³-hybridized carbons (Fsp3) is 0. The van der Waals surface area contributed by atoms with Crippen molar-refractivity contribution in [2.24, 2.45) is 0 Å². The van der Waals surface area contributed by atoms with E-state index in [0.717, 1.165) is 21.7 Å². The van der Waals surface area contributed by atoms with Gasteiger partial charge in [0.1, 0.15) is 0 Å². The third-order valence-corrected chi connectivity index (χ3v) is 2.51. The lowest BCUT2D eigenvalue weighted by Crippen LogP contribution is -2.02. The molecular formula is C12H8N2O. The lowest BCUT2D eigenvalue weighted by molar-refractivity contribution is 1.31. The third-order valence-electron chi connectivity index (χ3n) is 2.51. The smallest absolute Gasteiger partial charge is 0.248 e. The zero-order chi connectivity index (χ0) is 10.3. The SMILES string of the molecule is O=c1ccc2ccc3cnccc3c2[nH]1. The van der Waals surface area contributed by atoms with Crippen LogP contribution in [0.3, 0.4) is 0 Å². The second-order valence-corrected chi connectivity index (χ2v) is 3.45. The number of pyridine rings is 2. The second-order valence-electron chi connectivity index (χ2n) is 3.45. The van der Waals surface area contributed by atoms with Gasteiger partial charge in [0.25, 0.3) is 0 Å². The minimum atomic E-state index is -0.0770. The van der Waals surface area contributed by atoms with Crippen LogP contribution in [-0.4, -0.2) is 9.97 Å². The van der Waals surface area contributed by atoms with Crippen molar-refractivity contribution in [1.29, 1.82) is 0 Å². The number of hydrogen-bond acceptors (Lipinski definition) is 2. The Hall–Kier alpha value is -2.16. The summed E-state index contributed by atoms with van der Waals surface area (Å²) in [7, 11) is 0. The van der Waals surface area contributed by atoms with Gasteiger partial charge in [-0.25, -0.2) is 0 Å². The van der Waals surface area contributed by atoms with Crippen LogP contribution in [0.1, 0.15) is 0 Å². The first kappa shape index (κ1) is 8.17. The maximum atomic E-state index is 11.3. The Balaban J connectivity index is 2.63. The number of H-pyrrole nitrogens is 1. The van der Waals surface area contributed by atoms with Gasteiger partial charge in [-0.15, -0.1) is 0 Å². The highest BCUT2D eigenvalue weighted by Crippen LogP contribution is 2.21. The minimum Gasteiger partial charge on any atom is -0.321 e. The number of fused-ring (bicyclic) bond motifs is 3. The second kappa shape index (κ2) is 2.92. The fourth-order valence-electron chi connectivity index (χ4n) is 1.79. The molecule has 72 valence electrons. The molecule has 0 aliphatic rings. The number of aromatic nitrogens is 2. The number of aromatic amines is 1. The van der Waals surface area contributed by atoms with Gasteiger partial charge in [-0.05, 0) is 17.5 Å². The molecule has 1 N–H and O–H groups in total. The van der Waals surface area contributed by atoms with E-state index in [9.17, 15) is 4.79 Å². The highest BCUT2D eigenvalue weighted by molar-refractivity contribution is 6.04. The largest absolute Gasteiger partial charge is 0.321 e. The summed E-state index contributed by atoms with van der Waals surface area (Å²) in [4.78, 5) is 18.2. The molecule has 0 fully saturated rings. The Morgan fingerprint density at radius 1 is 1.00 bits per heavy atom. The van der Waals surface area contributed by atoms with Crippen molar-refractivity contribution in [3.63, 3.8) is 0 Å². The molecular weight excluding hydrogens is 188 g/mol. The van der Waals surface area contributed by atoms with Crippen LogP contribution in [0.15, 0.2) is 47.5 Å². The van der Waals surface area contributed by atoms with E-state index < -0.39 is 0 Å². The van der Waals surface area contributed by atoms with E-state index in [0.29, 0.717) is 0 Å². The molecule has 0 unspecified atom stereocenters. The summed E-state index contributed by atoms with van der Waals surface area (Å²) >= 11 is 0. The van der Waals surface area contributed by atoms with Crippen molar-refractivity contribution in [1.82, 2.24) is 9.97 Å². The van der Waals surface area contributed by atoms with Gasteiger partial charge in [0.2, 0.25) is 5.56 Å². The number of nitrogens with one attached hydrogen (secondary N) is 1. The number of hydrogen-bond donors (Lipinski definition) is 1. The first-order valence-electron chi connectivity index (χ1n) is 4.70. The summed E-state index contributed by atoms with van der Waals surface area (Å²) in [6.07, 6.45) is 3.52. The van der Waals surface area contributed by atoms with Gasteiger partial charge in [0.15, 0.2) is 0 Å². The predicted molar refractivity (Wildman–Crippen MR) is 59.9 cm³/mol. The van der Waals surface area contributed by atoms with E-state index in [4.69, 9.17) is 0 Å². The minimum absolute atomic E-state index is 0.0770. The zero-order valence-electron chi connectivity index (χ0n) is 7.90. The van der Waals surface area contributed by atoms with E-state index in [1.165, 1.54) is 6.07 Å². The van der Waals surface area contributed by atoms with Crippen molar-refractivity contribution >= 4 is 21.7 Å². The number of benzene rings is 1. The van der Waals surface area contributed by atoms with Crippen LogP contribution in [-0.2, 0) is 0 Å². The van der Waals surface area contributed by atoms with Gasteiger partial charge >= 0.3 is 0 Å². The Bertz CT molecular complexity index is 700. The van der Waals surface area contributed by atoms with E-state index in [-0.39, 0.29) is 5.56 Å². The Labute approximate surface area is 85.4 Å². The molecule has 0 spiro atoms. The zero-order valence-corrected chi connectivity index (χ0v) is 7.90. The monoisotopic (exact) mass is 196 g/mol. The highest BCUT2D eigenvalue weighted by Gasteiger charge is 2.00. The molecule has 3 heteroatoms. The Kier molecular flexibility index (Phi) is 1.59. The highest BCUT2D eigenvalue weighted by atomic mass is 16.1. The van der Waals surface area contributed by atoms with Crippen LogP contribution in [0.4, 0.5) is 0 Å². The van der Waals surface area contributed by atoms with Crippen LogP contribution >= 0.6 is 0 Å². The van der Waals surface area contributed by atoms with Gasteiger partial charge in [-0.2, -0.15) is 0 Å².